The maximum Gasteiger partial charge on any atom is 0.0992 e. The molecule has 1 aliphatic rings. The van der Waals surface area contributed by atoms with E-state index in [1.807, 2.05) is 12.1 Å². The number of nitrogens with two attached hydrogens (primary N) is 1. The van der Waals surface area contributed by atoms with E-state index in [2.05, 4.69) is 24.8 Å². The molecule has 0 amide bonds. The number of anilines is 2. The van der Waals surface area contributed by atoms with Crippen LogP contribution in [0.25, 0.3) is 0 Å². The number of piperidine rings is 1. The van der Waals surface area contributed by atoms with Gasteiger partial charge in [0.15, 0.2) is 0 Å². The van der Waals surface area contributed by atoms with Gasteiger partial charge in [-0.2, -0.15) is 5.26 Å². The molecule has 2 rings (SSSR count). The standard InChI is InChI=1S/C14H19N3/c1-10-5-11(2)9-17(8-10)14-4-3-12(7-15)6-13(14)16/h3-4,6,10-11H,5,8-9,16H2,1-2H3/t10-,11-/m0/s1. The van der Waals surface area contributed by atoms with E-state index in [9.17, 15) is 0 Å². The van der Waals surface area contributed by atoms with Crippen LogP contribution in [-0.2, 0) is 0 Å². The van der Waals surface area contributed by atoms with Crippen LogP contribution in [0.5, 0.6) is 0 Å². The minimum Gasteiger partial charge on any atom is -0.397 e. The summed E-state index contributed by atoms with van der Waals surface area (Å²) in [5.74, 6) is 1.41. The second kappa shape index (κ2) is 4.67. The summed E-state index contributed by atoms with van der Waals surface area (Å²) in [5.41, 5.74) is 8.44. The van der Waals surface area contributed by atoms with Crippen molar-refractivity contribution in [2.24, 2.45) is 11.8 Å². The van der Waals surface area contributed by atoms with Crippen molar-refractivity contribution in [3.63, 3.8) is 0 Å². The smallest absolute Gasteiger partial charge is 0.0992 e. The lowest BCUT2D eigenvalue weighted by Gasteiger charge is -2.37. The quantitative estimate of drug-likeness (QED) is 0.753. The first-order chi connectivity index (χ1) is 8.10. The average molecular weight is 229 g/mol. The first-order valence-corrected chi connectivity index (χ1v) is 6.14. The van der Waals surface area contributed by atoms with E-state index >= 15 is 0 Å². The van der Waals surface area contributed by atoms with Gasteiger partial charge in [0.05, 0.1) is 23.0 Å². The van der Waals surface area contributed by atoms with Gasteiger partial charge in [0, 0.05) is 13.1 Å². The Morgan fingerprint density at radius 2 is 1.94 bits per heavy atom. The molecule has 0 unspecified atom stereocenters. The highest BCUT2D eigenvalue weighted by Crippen LogP contribution is 2.30. The van der Waals surface area contributed by atoms with Gasteiger partial charge in [0.25, 0.3) is 0 Å². The molecule has 0 bridgehead atoms. The van der Waals surface area contributed by atoms with Crippen molar-refractivity contribution in [1.29, 1.82) is 5.26 Å². The molecule has 17 heavy (non-hydrogen) atoms. The second-order valence-electron chi connectivity index (χ2n) is 5.24. The molecule has 1 aromatic rings. The van der Waals surface area contributed by atoms with Crippen LogP contribution in [0.2, 0.25) is 0 Å². The Labute approximate surface area is 103 Å². The molecular formula is C14H19N3. The molecule has 1 saturated heterocycles. The summed E-state index contributed by atoms with van der Waals surface area (Å²) in [6.07, 6.45) is 1.28. The maximum atomic E-state index is 8.83. The Morgan fingerprint density at radius 3 is 2.47 bits per heavy atom. The van der Waals surface area contributed by atoms with Crippen LogP contribution in [0.3, 0.4) is 0 Å². The molecule has 0 aliphatic carbocycles. The molecule has 3 heteroatoms. The van der Waals surface area contributed by atoms with Crippen LogP contribution in [0.4, 0.5) is 11.4 Å². The fourth-order valence-electron chi connectivity index (χ4n) is 2.77. The number of nitrogen functional groups attached to an aromatic ring is 1. The van der Waals surface area contributed by atoms with Crippen LogP contribution in [-0.4, -0.2) is 13.1 Å². The van der Waals surface area contributed by atoms with Gasteiger partial charge in [-0.05, 0) is 36.5 Å². The van der Waals surface area contributed by atoms with Crippen molar-refractivity contribution in [3.05, 3.63) is 23.8 Å². The van der Waals surface area contributed by atoms with Crippen LogP contribution >= 0.6 is 0 Å². The lowest BCUT2D eigenvalue weighted by Crippen LogP contribution is -2.39. The topological polar surface area (TPSA) is 53.0 Å². The monoisotopic (exact) mass is 229 g/mol. The predicted molar refractivity (Wildman–Crippen MR) is 70.7 cm³/mol. The minimum atomic E-state index is 0.629. The SMILES string of the molecule is C[C@H]1C[C@H](C)CN(c2ccc(C#N)cc2N)C1. The van der Waals surface area contributed by atoms with Gasteiger partial charge in [-0.1, -0.05) is 13.8 Å². The highest BCUT2D eigenvalue weighted by molar-refractivity contribution is 5.69. The third-order valence-electron chi connectivity index (χ3n) is 3.37. The van der Waals surface area contributed by atoms with Crippen molar-refractivity contribution in [2.45, 2.75) is 20.3 Å². The minimum absolute atomic E-state index is 0.629. The lowest BCUT2D eigenvalue weighted by atomic mass is 9.91. The third-order valence-corrected chi connectivity index (χ3v) is 3.37. The normalized spacial score (nSPS) is 24.4. The zero-order valence-electron chi connectivity index (χ0n) is 10.5. The van der Waals surface area contributed by atoms with Crippen LogP contribution < -0.4 is 10.6 Å². The van der Waals surface area contributed by atoms with Crippen molar-refractivity contribution < 1.29 is 0 Å². The van der Waals surface area contributed by atoms with E-state index in [1.165, 1.54) is 6.42 Å². The zero-order chi connectivity index (χ0) is 12.4. The highest BCUT2D eigenvalue weighted by atomic mass is 15.1. The molecule has 0 saturated carbocycles. The number of hydrogen-bond acceptors (Lipinski definition) is 3. The van der Waals surface area contributed by atoms with Gasteiger partial charge < -0.3 is 10.6 Å². The first kappa shape index (κ1) is 11.8. The van der Waals surface area contributed by atoms with Crippen molar-refractivity contribution >= 4 is 11.4 Å². The molecule has 90 valence electrons. The summed E-state index contributed by atoms with van der Waals surface area (Å²) in [4.78, 5) is 2.34. The molecule has 3 nitrogen and oxygen atoms in total. The van der Waals surface area contributed by atoms with Gasteiger partial charge >= 0.3 is 0 Å². The summed E-state index contributed by atoms with van der Waals surface area (Å²) in [6, 6.07) is 7.69. The largest absolute Gasteiger partial charge is 0.397 e. The Morgan fingerprint density at radius 1 is 1.29 bits per heavy atom. The number of hydrogen-bond donors (Lipinski definition) is 1. The molecule has 0 aromatic heterocycles. The summed E-state index contributed by atoms with van der Waals surface area (Å²) < 4.78 is 0. The second-order valence-corrected chi connectivity index (χ2v) is 5.24. The molecule has 2 atom stereocenters. The maximum absolute atomic E-state index is 8.83. The van der Waals surface area contributed by atoms with Gasteiger partial charge in [-0.15, -0.1) is 0 Å². The molecule has 1 aliphatic heterocycles. The van der Waals surface area contributed by atoms with E-state index in [4.69, 9.17) is 11.0 Å². The molecule has 1 fully saturated rings. The van der Waals surface area contributed by atoms with E-state index < -0.39 is 0 Å². The number of benzene rings is 1. The average Bonchev–Trinajstić information content (AvgIpc) is 2.27. The summed E-state index contributed by atoms with van der Waals surface area (Å²) in [6.45, 7) is 6.67. The first-order valence-electron chi connectivity index (χ1n) is 6.14. The van der Waals surface area contributed by atoms with Crippen molar-refractivity contribution in [1.82, 2.24) is 0 Å². The van der Waals surface area contributed by atoms with Crippen molar-refractivity contribution in [3.8, 4) is 6.07 Å². The van der Waals surface area contributed by atoms with E-state index in [0.29, 0.717) is 23.1 Å². The number of rotatable bonds is 1. The van der Waals surface area contributed by atoms with Gasteiger partial charge in [-0.3, -0.25) is 0 Å². The molecular weight excluding hydrogens is 210 g/mol. The highest BCUT2D eigenvalue weighted by Gasteiger charge is 2.23. The molecule has 1 aromatic carbocycles. The van der Waals surface area contributed by atoms with E-state index in [0.717, 1.165) is 18.8 Å². The van der Waals surface area contributed by atoms with Gasteiger partial charge in [0.2, 0.25) is 0 Å². The Bertz CT molecular complexity index is 437. The molecule has 1 heterocycles. The molecule has 0 spiro atoms. The van der Waals surface area contributed by atoms with Crippen LogP contribution in [0, 0.1) is 23.2 Å². The predicted octanol–water partition coefficient (Wildman–Crippen LogP) is 2.62. The van der Waals surface area contributed by atoms with E-state index in [-0.39, 0.29) is 0 Å². The third kappa shape index (κ3) is 2.52. The fraction of sp³-hybridized carbons (Fsp3) is 0.500. The fourth-order valence-corrected chi connectivity index (χ4v) is 2.77. The number of nitrogens with zero attached hydrogens (tertiary/aromatic N) is 2. The summed E-state index contributed by atoms with van der Waals surface area (Å²) >= 11 is 0. The molecule has 2 N–H and O–H groups in total. The summed E-state index contributed by atoms with van der Waals surface area (Å²) in [7, 11) is 0. The Kier molecular flexibility index (Phi) is 3.23. The lowest BCUT2D eigenvalue weighted by molar-refractivity contribution is 0.357. The van der Waals surface area contributed by atoms with Crippen molar-refractivity contribution in [2.75, 3.05) is 23.7 Å². The summed E-state index contributed by atoms with van der Waals surface area (Å²) in [5, 5.41) is 8.83. The number of nitriles is 1. The zero-order valence-corrected chi connectivity index (χ0v) is 10.5. The van der Waals surface area contributed by atoms with Gasteiger partial charge in [-0.25, -0.2) is 0 Å². The van der Waals surface area contributed by atoms with Crippen LogP contribution in [0.1, 0.15) is 25.8 Å². The van der Waals surface area contributed by atoms with Gasteiger partial charge in [0.1, 0.15) is 0 Å². The Hall–Kier alpha value is -1.69. The molecule has 0 radical (unpaired) electrons. The van der Waals surface area contributed by atoms with Crippen LogP contribution in [0.15, 0.2) is 18.2 Å². The van der Waals surface area contributed by atoms with E-state index in [1.54, 1.807) is 6.07 Å². The Balaban J connectivity index is 2.25.